The molecule has 2 aromatic carbocycles. The first kappa shape index (κ1) is 21.8. The summed E-state index contributed by atoms with van der Waals surface area (Å²) in [6, 6.07) is 3.95. The molecule has 0 bridgehead atoms. The van der Waals surface area contributed by atoms with Crippen molar-refractivity contribution in [3.8, 4) is 5.75 Å². The molecule has 0 aromatic heterocycles. The van der Waals surface area contributed by atoms with E-state index in [0.717, 1.165) is 24.3 Å². The number of ether oxygens (including phenoxy) is 2. The Morgan fingerprint density at radius 1 is 1.07 bits per heavy atom. The first-order valence-corrected chi connectivity index (χ1v) is 10.1. The number of alkyl halides is 3. The van der Waals surface area contributed by atoms with E-state index in [1.165, 1.54) is 6.92 Å². The first-order chi connectivity index (χ1) is 13.8. The second kappa shape index (κ2) is 7.38. The van der Waals surface area contributed by atoms with Gasteiger partial charge in [-0.15, -0.1) is 0 Å². The van der Waals surface area contributed by atoms with Gasteiger partial charge in [-0.3, -0.25) is 0 Å². The van der Waals surface area contributed by atoms with Gasteiger partial charge in [-0.2, -0.15) is 13.2 Å². The Hall–Kier alpha value is -2.95. The number of benzene rings is 2. The molecule has 1 atom stereocenters. The quantitative estimate of drug-likeness (QED) is 0.517. The van der Waals surface area contributed by atoms with Crippen LogP contribution in [0.3, 0.4) is 0 Å². The number of cyclic esters (lactones) is 1. The Kier molecular flexibility index (Phi) is 5.35. The predicted molar refractivity (Wildman–Crippen MR) is 93.2 cm³/mol. The summed E-state index contributed by atoms with van der Waals surface area (Å²) in [5.74, 6) is -4.06. The second-order valence-electron chi connectivity index (χ2n) is 6.51. The Morgan fingerprint density at radius 3 is 2.30 bits per heavy atom. The van der Waals surface area contributed by atoms with Gasteiger partial charge in [0, 0.05) is 24.0 Å². The molecule has 1 unspecified atom stereocenters. The fourth-order valence-corrected chi connectivity index (χ4v) is 3.81. The van der Waals surface area contributed by atoms with E-state index in [0.29, 0.717) is 18.4 Å². The molecule has 160 valence electrons. The topological polar surface area (TPSA) is 69.7 Å². The lowest BCUT2D eigenvalue weighted by Crippen LogP contribution is -2.15. The molecule has 0 amide bonds. The standard InChI is InChI=1S/C19H13F5O5S/c1-9-5-17(30(2,26)27)12(19(22,23)24)7-11(9)15-8-16(18(25)29-15)28-10-3-4-13(20)14(21)6-10/h3-8,15H,1-2H3. The van der Waals surface area contributed by atoms with Crippen LogP contribution in [0.5, 0.6) is 5.75 Å². The number of hydrogen-bond donors (Lipinski definition) is 0. The molecule has 2 aromatic rings. The molecule has 0 fully saturated rings. The Morgan fingerprint density at radius 2 is 1.73 bits per heavy atom. The van der Waals surface area contributed by atoms with Crippen LogP contribution in [0.15, 0.2) is 47.1 Å². The SMILES string of the molecule is Cc1cc(S(C)(=O)=O)c(C(F)(F)F)cc1C1C=C(Oc2ccc(F)c(F)c2)C(=O)O1. The summed E-state index contributed by atoms with van der Waals surface area (Å²) in [6.45, 7) is 1.36. The van der Waals surface area contributed by atoms with E-state index >= 15 is 0 Å². The minimum atomic E-state index is -4.97. The van der Waals surface area contributed by atoms with Crippen molar-refractivity contribution in [2.24, 2.45) is 0 Å². The van der Waals surface area contributed by atoms with Crippen molar-refractivity contribution >= 4 is 15.8 Å². The molecule has 0 saturated carbocycles. The zero-order valence-corrected chi connectivity index (χ0v) is 16.2. The van der Waals surface area contributed by atoms with Crippen LogP contribution in [-0.2, 0) is 25.5 Å². The van der Waals surface area contributed by atoms with E-state index in [4.69, 9.17) is 9.47 Å². The van der Waals surface area contributed by atoms with Crippen molar-refractivity contribution in [1.82, 2.24) is 0 Å². The van der Waals surface area contributed by atoms with Crippen molar-refractivity contribution < 1.29 is 44.6 Å². The molecule has 1 heterocycles. The van der Waals surface area contributed by atoms with Crippen molar-refractivity contribution in [1.29, 1.82) is 0 Å². The van der Waals surface area contributed by atoms with E-state index in [-0.39, 0.29) is 16.9 Å². The number of hydrogen-bond acceptors (Lipinski definition) is 5. The summed E-state index contributed by atoms with van der Waals surface area (Å²) >= 11 is 0. The average Bonchev–Trinajstić information content (AvgIpc) is 2.96. The highest BCUT2D eigenvalue weighted by Gasteiger charge is 2.39. The number of rotatable bonds is 4. The molecule has 0 aliphatic carbocycles. The van der Waals surface area contributed by atoms with Crippen molar-refractivity contribution in [3.05, 3.63) is 70.5 Å². The highest BCUT2D eigenvalue weighted by molar-refractivity contribution is 7.90. The number of aryl methyl sites for hydroxylation is 1. The molecule has 5 nitrogen and oxygen atoms in total. The van der Waals surface area contributed by atoms with Crippen LogP contribution in [0.4, 0.5) is 22.0 Å². The zero-order valence-electron chi connectivity index (χ0n) is 15.4. The van der Waals surface area contributed by atoms with Crippen LogP contribution >= 0.6 is 0 Å². The minimum Gasteiger partial charge on any atom is -0.450 e. The summed E-state index contributed by atoms with van der Waals surface area (Å²) in [6.07, 6.45) is -4.56. The number of sulfone groups is 1. The second-order valence-corrected chi connectivity index (χ2v) is 8.49. The van der Waals surface area contributed by atoms with Gasteiger partial charge < -0.3 is 9.47 Å². The first-order valence-electron chi connectivity index (χ1n) is 8.25. The van der Waals surface area contributed by atoms with E-state index in [1.807, 2.05) is 0 Å². The molecular formula is C19H13F5O5S. The third-order valence-corrected chi connectivity index (χ3v) is 5.37. The molecule has 3 rings (SSSR count). The van der Waals surface area contributed by atoms with Gasteiger partial charge in [0.2, 0.25) is 5.76 Å². The van der Waals surface area contributed by atoms with Crippen molar-refractivity contribution in [2.45, 2.75) is 24.1 Å². The summed E-state index contributed by atoms with van der Waals surface area (Å²) < 4.78 is 100. The lowest BCUT2D eigenvalue weighted by atomic mass is 10.00. The normalized spacial score (nSPS) is 17.0. The van der Waals surface area contributed by atoms with Crippen LogP contribution in [-0.4, -0.2) is 20.6 Å². The Balaban J connectivity index is 2.01. The van der Waals surface area contributed by atoms with E-state index in [1.54, 1.807) is 0 Å². The van der Waals surface area contributed by atoms with Gasteiger partial charge in [0.05, 0.1) is 10.5 Å². The van der Waals surface area contributed by atoms with Crippen LogP contribution in [0, 0.1) is 18.6 Å². The van der Waals surface area contributed by atoms with E-state index in [2.05, 4.69) is 0 Å². The van der Waals surface area contributed by atoms with Gasteiger partial charge in [0.15, 0.2) is 21.5 Å². The fourth-order valence-electron chi connectivity index (χ4n) is 2.84. The number of halogens is 5. The monoisotopic (exact) mass is 448 g/mol. The third-order valence-electron chi connectivity index (χ3n) is 4.24. The van der Waals surface area contributed by atoms with Gasteiger partial charge >= 0.3 is 12.1 Å². The maximum absolute atomic E-state index is 13.4. The molecule has 11 heteroatoms. The summed E-state index contributed by atoms with van der Waals surface area (Å²) in [5.41, 5.74) is -1.37. The van der Waals surface area contributed by atoms with Gasteiger partial charge in [-0.25, -0.2) is 22.0 Å². The van der Waals surface area contributed by atoms with Gasteiger partial charge in [0.1, 0.15) is 11.9 Å². The van der Waals surface area contributed by atoms with Crippen LogP contribution in [0.1, 0.15) is 22.8 Å². The zero-order chi connectivity index (χ0) is 22.4. The Labute approximate surface area is 167 Å². The largest absolute Gasteiger partial charge is 0.450 e. The lowest BCUT2D eigenvalue weighted by Gasteiger charge is -2.18. The van der Waals surface area contributed by atoms with Crippen LogP contribution in [0.2, 0.25) is 0 Å². The molecule has 0 spiro atoms. The molecule has 0 radical (unpaired) electrons. The maximum atomic E-state index is 13.4. The highest BCUT2D eigenvalue weighted by Crippen LogP contribution is 2.39. The van der Waals surface area contributed by atoms with E-state index in [9.17, 15) is 35.2 Å². The molecule has 1 aliphatic heterocycles. The van der Waals surface area contributed by atoms with E-state index < -0.39 is 55.9 Å². The van der Waals surface area contributed by atoms with Gasteiger partial charge in [-0.1, -0.05) is 0 Å². The smallest absolute Gasteiger partial charge is 0.417 e. The van der Waals surface area contributed by atoms with Crippen molar-refractivity contribution in [3.63, 3.8) is 0 Å². The fraction of sp³-hybridized carbons (Fsp3) is 0.211. The summed E-state index contributed by atoms with van der Waals surface area (Å²) in [7, 11) is -4.18. The maximum Gasteiger partial charge on any atom is 0.417 e. The lowest BCUT2D eigenvalue weighted by molar-refractivity contribution is -0.141. The highest BCUT2D eigenvalue weighted by atomic mass is 32.2. The van der Waals surface area contributed by atoms with Gasteiger partial charge in [-0.05, 0) is 36.8 Å². The van der Waals surface area contributed by atoms with Crippen molar-refractivity contribution in [2.75, 3.05) is 6.26 Å². The third kappa shape index (κ3) is 4.30. The number of carbonyl (C=O) groups is 1. The van der Waals surface area contributed by atoms with Crippen LogP contribution in [0.25, 0.3) is 0 Å². The molecule has 0 N–H and O–H groups in total. The Bertz CT molecular complexity index is 1170. The molecular weight excluding hydrogens is 435 g/mol. The summed E-state index contributed by atoms with van der Waals surface area (Å²) in [4.78, 5) is 11.1. The summed E-state index contributed by atoms with van der Waals surface area (Å²) in [5, 5.41) is 0. The number of carbonyl (C=O) groups excluding carboxylic acids is 1. The number of esters is 1. The predicted octanol–water partition coefficient (Wildman–Crippen LogP) is 4.26. The molecule has 0 saturated heterocycles. The van der Waals surface area contributed by atoms with Crippen LogP contribution < -0.4 is 4.74 Å². The molecule has 30 heavy (non-hydrogen) atoms. The van der Waals surface area contributed by atoms with Gasteiger partial charge in [0.25, 0.3) is 0 Å². The minimum absolute atomic E-state index is 0.105. The molecule has 1 aliphatic rings. The average molecular weight is 448 g/mol.